The van der Waals surface area contributed by atoms with Crippen molar-refractivity contribution < 1.29 is 14.2 Å². The zero-order valence-electron chi connectivity index (χ0n) is 13.8. The fourth-order valence-corrected chi connectivity index (χ4v) is 2.51. The molecule has 0 saturated heterocycles. The fourth-order valence-electron chi connectivity index (χ4n) is 2.18. The summed E-state index contributed by atoms with van der Waals surface area (Å²) in [6, 6.07) is 6.98. The van der Waals surface area contributed by atoms with E-state index >= 15 is 0 Å². The minimum Gasteiger partial charge on any atom is -0.358 e. The zero-order valence-corrected chi connectivity index (χ0v) is 15.4. The van der Waals surface area contributed by atoms with Crippen LogP contribution in [0.5, 0.6) is 0 Å². The maximum absolute atomic E-state index is 12.1. The van der Waals surface area contributed by atoms with Gasteiger partial charge in [0.15, 0.2) is 10.8 Å². The Balaban J connectivity index is 1.66. The standard InChI is InChI=1S/C15H12Cl2N6O4/c1-8-12(17)13(23(25)26)20-22(8)7-11-19-15(27-21-11)14(24)18-6-9-2-4-10(16)5-3-9/h2-5H,6-7H2,1H3,(H,18,24). The third-order valence-corrected chi connectivity index (χ3v) is 4.30. The normalized spacial score (nSPS) is 10.8. The van der Waals surface area contributed by atoms with E-state index in [0.717, 1.165) is 5.56 Å². The Bertz CT molecular complexity index is 998. The SMILES string of the molecule is Cc1c(Cl)c([N+](=O)[O-])nn1Cc1noc(C(=O)NCc2ccc(Cl)cc2)n1. The molecule has 0 aliphatic heterocycles. The van der Waals surface area contributed by atoms with Gasteiger partial charge >= 0.3 is 17.6 Å². The van der Waals surface area contributed by atoms with E-state index in [9.17, 15) is 14.9 Å². The molecule has 27 heavy (non-hydrogen) atoms. The fraction of sp³-hybridized carbons (Fsp3) is 0.200. The second-order valence-electron chi connectivity index (χ2n) is 5.46. The van der Waals surface area contributed by atoms with E-state index in [1.54, 1.807) is 31.2 Å². The van der Waals surface area contributed by atoms with Crippen LogP contribution in [0, 0.1) is 17.0 Å². The molecule has 10 nitrogen and oxygen atoms in total. The van der Waals surface area contributed by atoms with Crippen LogP contribution < -0.4 is 5.32 Å². The minimum absolute atomic E-state index is 0.0344. The topological polar surface area (TPSA) is 129 Å². The summed E-state index contributed by atoms with van der Waals surface area (Å²) in [5.41, 5.74) is 1.23. The van der Waals surface area contributed by atoms with Crippen LogP contribution in [-0.4, -0.2) is 30.8 Å². The largest absolute Gasteiger partial charge is 0.408 e. The highest BCUT2D eigenvalue weighted by Gasteiger charge is 2.25. The van der Waals surface area contributed by atoms with Crippen LogP contribution in [0.1, 0.15) is 27.8 Å². The van der Waals surface area contributed by atoms with Crippen LogP contribution in [0.25, 0.3) is 0 Å². The molecule has 3 rings (SSSR count). The van der Waals surface area contributed by atoms with E-state index < -0.39 is 16.6 Å². The third kappa shape index (κ3) is 4.23. The number of hydrogen-bond donors (Lipinski definition) is 1. The number of aromatic nitrogens is 4. The predicted octanol–water partition coefficient (Wildman–Crippen LogP) is 2.77. The first-order chi connectivity index (χ1) is 12.8. The molecule has 1 amide bonds. The summed E-state index contributed by atoms with van der Waals surface area (Å²) in [6.45, 7) is 1.79. The molecule has 0 saturated carbocycles. The average molecular weight is 411 g/mol. The van der Waals surface area contributed by atoms with Gasteiger partial charge in [-0.2, -0.15) is 9.67 Å². The number of hydrogen-bond acceptors (Lipinski definition) is 7. The van der Waals surface area contributed by atoms with Crippen molar-refractivity contribution in [2.45, 2.75) is 20.0 Å². The number of nitro groups is 1. The van der Waals surface area contributed by atoms with Crippen molar-refractivity contribution >= 4 is 34.9 Å². The lowest BCUT2D eigenvalue weighted by Crippen LogP contribution is -2.23. The molecular weight excluding hydrogens is 399 g/mol. The summed E-state index contributed by atoms with van der Waals surface area (Å²) in [4.78, 5) is 26.3. The summed E-state index contributed by atoms with van der Waals surface area (Å²) >= 11 is 11.7. The molecule has 0 aliphatic carbocycles. The Labute approximate surface area is 162 Å². The van der Waals surface area contributed by atoms with Gasteiger partial charge in [0.25, 0.3) is 0 Å². The van der Waals surface area contributed by atoms with Gasteiger partial charge in [-0.25, -0.2) is 0 Å². The molecule has 2 heterocycles. The van der Waals surface area contributed by atoms with Crippen LogP contribution in [-0.2, 0) is 13.1 Å². The quantitative estimate of drug-likeness (QED) is 0.488. The van der Waals surface area contributed by atoms with Crippen molar-refractivity contribution in [2.75, 3.05) is 0 Å². The molecule has 3 aromatic rings. The van der Waals surface area contributed by atoms with Gasteiger partial charge in [-0.3, -0.25) is 4.79 Å². The van der Waals surface area contributed by atoms with Gasteiger partial charge in [-0.05, 0) is 29.5 Å². The first-order valence-electron chi connectivity index (χ1n) is 7.57. The molecule has 1 N–H and O–H groups in total. The Morgan fingerprint density at radius 3 is 2.67 bits per heavy atom. The van der Waals surface area contributed by atoms with Crippen LogP contribution in [0.4, 0.5) is 5.82 Å². The van der Waals surface area contributed by atoms with Gasteiger partial charge in [-0.1, -0.05) is 40.5 Å². The predicted molar refractivity (Wildman–Crippen MR) is 94.7 cm³/mol. The molecule has 140 valence electrons. The molecule has 2 aromatic heterocycles. The number of benzene rings is 1. The lowest BCUT2D eigenvalue weighted by molar-refractivity contribution is -0.389. The van der Waals surface area contributed by atoms with Crippen LogP contribution in [0.2, 0.25) is 10.0 Å². The van der Waals surface area contributed by atoms with Gasteiger partial charge in [0.05, 0.1) is 10.8 Å². The summed E-state index contributed by atoms with van der Waals surface area (Å²) in [6.07, 6.45) is 0. The van der Waals surface area contributed by atoms with Crippen molar-refractivity contribution in [1.29, 1.82) is 0 Å². The lowest BCUT2D eigenvalue weighted by Gasteiger charge is -2.02. The smallest absolute Gasteiger partial charge is 0.358 e. The minimum atomic E-state index is -0.683. The number of halogens is 2. The first kappa shape index (κ1) is 18.8. The molecule has 0 radical (unpaired) electrons. The third-order valence-electron chi connectivity index (χ3n) is 3.61. The van der Waals surface area contributed by atoms with Crippen molar-refractivity contribution in [3.63, 3.8) is 0 Å². The lowest BCUT2D eigenvalue weighted by atomic mass is 10.2. The summed E-state index contributed by atoms with van der Waals surface area (Å²) in [5, 5.41) is 21.5. The Kier molecular flexibility index (Phi) is 5.38. The summed E-state index contributed by atoms with van der Waals surface area (Å²) < 4.78 is 6.19. The monoisotopic (exact) mass is 410 g/mol. The van der Waals surface area contributed by atoms with Gasteiger partial charge in [-0.15, -0.1) is 0 Å². The van der Waals surface area contributed by atoms with Crippen molar-refractivity contribution in [3.8, 4) is 0 Å². The summed E-state index contributed by atoms with van der Waals surface area (Å²) in [5.74, 6) is -1.11. The molecule has 0 aliphatic rings. The number of nitrogens with zero attached hydrogens (tertiary/aromatic N) is 5. The van der Waals surface area contributed by atoms with E-state index in [2.05, 4.69) is 20.6 Å². The van der Waals surface area contributed by atoms with Crippen LogP contribution in [0.3, 0.4) is 0 Å². The number of nitrogens with one attached hydrogen (secondary N) is 1. The van der Waals surface area contributed by atoms with Crippen LogP contribution in [0.15, 0.2) is 28.8 Å². The molecule has 12 heteroatoms. The average Bonchev–Trinajstić information content (AvgIpc) is 3.21. The zero-order chi connectivity index (χ0) is 19.6. The highest BCUT2D eigenvalue weighted by Crippen LogP contribution is 2.26. The van der Waals surface area contributed by atoms with Crippen LogP contribution >= 0.6 is 23.2 Å². The number of rotatable bonds is 6. The van der Waals surface area contributed by atoms with E-state index in [1.165, 1.54) is 4.68 Å². The molecule has 0 bridgehead atoms. The highest BCUT2D eigenvalue weighted by atomic mass is 35.5. The maximum atomic E-state index is 12.1. The van der Waals surface area contributed by atoms with Gasteiger partial charge < -0.3 is 20.0 Å². The number of amides is 1. The van der Waals surface area contributed by atoms with E-state index in [4.69, 9.17) is 27.7 Å². The molecule has 0 fully saturated rings. The molecule has 1 aromatic carbocycles. The molecule has 0 atom stereocenters. The molecule has 0 spiro atoms. The van der Waals surface area contributed by atoms with Gasteiger partial charge in [0, 0.05) is 11.6 Å². The summed E-state index contributed by atoms with van der Waals surface area (Å²) in [7, 11) is 0. The Morgan fingerprint density at radius 1 is 1.33 bits per heavy atom. The van der Waals surface area contributed by atoms with E-state index in [-0.39, 0.29) is 29.8 Å². The molecule has 0 unspecified atom stereocenters. The Morgan fingerprint density at radius 2 is 2.04 bits per heavy atom. The van der Waals surface area contributed by atoms with Crippen molar-refractivity contribution in [2.24, 2.45) is 0 Å². The van der Waals surface area contributed by atoms with Gasteiger partial charge in [0.1, 0.15) is 6.54 Å². The van der Waals surface area contributed by atoms with Gasteiger partial charge in [0.2, 0.25) is 0 Å². The number of carbonyl (C=O) groups excluding carboxylic acids is 1. The van der Waals surface area contributed by atoms with E-state index in [1.807, 2.05) is 0 Å². The van der Waals surface area contributed by atoms with Crippen molar-refractivity contribution in [1.82, 2.24) is 25.2 Å². The van der Waals surface area contributed by atoms with Crippen molar-refractivity contribution in [3.05, 3.63) is 67.4 Å². The molecular formula is C15H12Cl2N6O4. The second-order valence-corrected chi connectivity index (χ2v) is 6.28. The first-order valence-corrected chi connectivity index (χ1v) is 8.33. The number of carbonyl (C=O) groups is 1. The maximum Gasteiger partial charge on any atom is 0.408 e. The second kappa shape index (κ2) is 7.72. The van der Waals surface area contributed by atoms with E-state index in [0.29, 0.717) is 10.7 Å². The Hall–Kier alpha value is -2.98. The highest BCUT2D eigenvalue weighted by molar-refractivity contribution is 6.33.